The van der Waals surface area contributed by atoms with Crippen LogP contribution in [0.4, 0.5) is 0 Å². The Hall–Kier alpha value is -0.470. The lowest BCUT2D eigenvalue weighted by Crippen LogP contribution is -2.30. The standard InChI is InChI=1S/C10H18N2O3S2/c1-8(7-15-2)6-12-17(13,14)10-3-4-16-9(10)5-11/h3-4,8,12H,5-7,11H2,1-2H3. The molecule has 0 bridgehead atoms. The minimum atomic E-state index is -3.45. The lowest BCUT2D eigenvalue weighted by Gasteiger charge is -2.12. The molecule has 0 amide bonds. The second-order valence-electron chi connectivity index (χ2n) is 3.82. The van der Waals surface area contributed by atoms with Crippen LogP contribution in [0.1, 0.15) is 11.8 Å². The van der Waals surface area contributed by atoms with Gasteiger partial charge in [-0.15, -0.1) is 11.3 Å². The number of thiophene rings is 1. The third kappa shape index (κ3) is 4.04. The Kier molecular flexibility index (Phi) is 5.54. The number of hydrogen-bond acceptors (Lipinski definition) is 5. The molecule has 1 rings (SSSR count). The van der Waals surface area contributed by atoms with Crippen LogP contribution < -0.4 is 10.5 Å². The van der Waals surface area contributed by atoms with E-state index >= 15 is 0 Å². The molecule has 98 valence electrons. The van der Waals surface area contributed by atoms with E-state index in [4.69, 9.17) is 10.5 Å². The van der Waals surface area contributed by atoms with Crippen molar-refractivity contribution in [2.75, 3.05) is 20.3 Å². The van der Waals surface area contributed by atoms with Crippen molar-refractivity contribution in [1.29, 1.82) is 0 Å². The number of nitrogens with two attached hydrogens (primary N) is 1. The van der Waals surface area contributed by atoms with Gasteiger partial charge in [0.05, 0.1) is 4.90 Å². The molecule has 0 fully saturated rings. The zero-order valence-corrected chi connectivity index (χ0v) is 11.6. The Balaban J connectivity index is 2.69. The van der Waals surface area contributed by atoms with Gasteiger partial charge in [-0.2, -0.15) is 0 Å². The predicted octanol–water partition coefficient (Wildman–Crippen LogP) is 0.768. The van der Waals surface area contributed by atoms with Gasteiger partial charge >= 0.3 is 0 Å². The van der Waals surface area contributed by atoms with E-state index in [1.165, 1.54) is 11.3 Å². The number of sulfonamides is 1. The van der Waals surface area contributed by atoms with Crippen molar-refractivity contribution in [3.8, 4) is 0 Å². The first-order valence-corrected chi connectivity index (χ1v) is 7.62. The van der Waals surface area contributed by atoms with Crippen LogP contribution in [0.3, 0.4) is 0 Å². The third-order valence-corrected chi connectivity index (χ3v) is 4.83. The van der Waals surface area contributed by atoms with Gasteiger partial charge in [-0.1, -0.05) is 6.92 Å². The van der Waals surface area contributed by atoms with Gasteiger partial charge in [0.25, 0.3) is 0 Å². The Morgan fingerprint density at radius 2 is 2.29 bits per heavy atom. The highest BCUT2D eigenvalue weighted by atomic mass is 32.2. The summed E-state index contributed by atoms with van der Waals surface area (Å²) in [6, 6.07) is 1.58. The Morgan fingerprint density at radius 1 is 1.59 bits per heavy atom. The van der Waals surface area contributed by atoms with Gasteiger partial charge in [-0.05, 0) is 17.4 Å². The summed E-state index contributed by atoms with van der Waals surface area (Å²) in [5, 5.41) is 1.73. The van der Waals surface area contributed by atoms with Gasteiger partial charge in [0.15, 0.2) is 0 Å². The molecule has 0 aliphatic carbocycles. The molecule has 17 heavy (non-hydrogen) atoms. The molecule has 0 saturated heterocycles. The van der Waals surface area contributed by atoms with Crippen molar-refractivity contribution in [3.05, 3.63) is 16.3 Å². The van der Waals surface area contributed by atoms with Crippen LogP contribution in [-0.4, -0.2) is 28.7 Å². The van der Waals surface area contributed by atoms with Crippen LogP contribution in [0, 0.1) is 5.92 Å². The van der Waals surface area contributed by atoms with E-state index in [9.17, 15) is 8.42 Å². The van der Waals surface area contributed by atoms with Gasteiger partial charge in [-0.25, -0.2) is 13.1 Å². The maximum atomic E-state index is 12.0. The number of methoxy groups -OCH3 is 1. The van der Waals surface area contributed by atoms with E-state index in [0.717, 1.165) is 0 Å². The largest absolute Gasteiger partial charge is 0.384 e. The molecule has 0 aliphatic heterocycles. The van der Waals surface area contributed by atoms with Crippen molar-refractivity contribution < 1.29 is 13.2 Å². The van der Waals surface area contributed by atoms with Crippen molar-refractivity contribution >= 4 is 21.4 Å². The van der Waals surface area contributed by atoms with Crippen molar-refractivity contribution in [2.45, 2.75) is 18.4 Å². The quantitative estimate of drug-likeness (QED) is 0.772. The average Bonchev–Trinajstić information content (AvgIpc) is 2.76. The summed E-state index contributed by atoms with van der Waals surface area (Å²) in [7, 11) is -1.85. The monoisotopic (exact) mass is 278 g/mol. The van der Waals surface area contributed by atoms with Crippen LogP contribution in [0.25, 0.3) is 0 Å². The molecule has 0 saturated carbocycles. The first kappa shape index (κ1) is 14.6. The van der Waals surface area contributed by atoms with E-state index in [0.29, 0.717) is 18.0 Å². The van der Waals surface area contributed by atoms with E-state index in [-0.39, 0.29) is 17.4 Å². The Bertz CT molecular complexity index is 442. The molecular weight excluding hydrogens is 260 g/mol. The number of ether oxygens (including phenoxy) is 1. The maximum absolute atomic E-state index is 12.0. The summed E-state index contributed by atoms with van der Waals surface area (Å²) < 4.78 is 31.5. The summed E-state index contributed by atoms with van der Waals surface area (Å²) >= 11 is 1.35. The lowest BCUT2D eigenvalue weighted by atomic mass is 10.2. The maximum Gasteiger partial charge on any atom is 0.241 e. The first-order chi connectivity index (χ1) is 8.01. The molecule has 0 spiro atoms. The van der Waals surface area contributed by atoms with E-state index < -0.39 is 10.0 Å². The second kappa shape index (κ2) is 6.46. The minimum Gasteiger partial charge on any atom is -0.384 e. The zero-order valence-electron chi connectivity index (χ0n) is 9.97. The molecular formula is C10H18N2O3S2. The van der Waals surface area contributed by atoms with Crippen LogP contribution in [0.5, 0.6) is 0 Å². The van der Waals surface area contributed by atoms with E-state index in [1.807, 2.05) is 6.92 Å². The second-order valence-corrected chi connectivity index (χ2v) is 6.56. The Labute approximate surface area is 106 Å². The van der Waals surface area contributed by atoms with Crippen LogP contribution in [-0.2, 0) is 21.3 Å². The number of hydrogen-bond donors (Lipinski definition) is 2. The molecule has 1 heterocycles. The Morgan fingerprint density at radius 3 is 2.88 bits per heavy atom. The number of nitrogens with one attached hydrogen (secondary N) is 1. The summed E-state index contributed by atoms with van der Waals surface area (Å²) in [4.78, 5) is 0.964. The fourth-order valence-electron chi connectivity index (χ4n) is 1.39. The summed E-state index contributed by atoms with van der Waals surface area (Å²) in [6.07, 6.45) is 0. The van der Waals surface area contributed by atoms with Crippen molar-refractivity contribution in [1.82, 2.24) is 4.72 Å². The SMILES string of the molecule is COCC(C)CNS(=O)(=O)c1ccsc1CN. The third-order valence-electron chi connectivity index (χ3n) is 2.25. The highest BCUT2D eigenvalue weighted by molar-refractivity contribution is 7.89. The fraction of sp³-hybridized carbons (Fsp3) is 0.600. The highest BCUT2D eigenvalue weighted by Crippen LogP contribution is 2.21. The zero-order chi connectivity index (χ0) is 12.9. The predicted molar refractivity (Wildman–Crippen MR) is 68.4 cm³/mol. The van der Waals surface area contributed by atoms with Crippen LogP contribution >= 0.6 is 11.3 Å². The van der Waals surface area contributed by atoms with Gasteiger partial charge in [-0.3, -0.25) is 0 Å². The molecule has 0 radical (unpaired) electrons. The van der Waals surface area contributed by atoms with Gasteiger partial charge in [0, 0.05) is 31.7 Å². The molecule has 7 heteroatoms. The smallest absolute Gasteiger partial charge is 0.241 e. The van der Waals surface area contributed by atoms with Gasteiger partial charge in [0.1, 0.15) is 0 Å². The molecule has 1 atom stereocenters. The van der Waals surface area contributed by atoms with Crippen molar-refractivity contribution in [2.24, 2.45) is 11.7 Å². The van der Waals surface area contributed by atoms with E-state index in [1.54, 1.807) is 18.6 Å². The molecule has 0 aromatic carbocycles. The molecule has 1 aromatic rings. The van der Waals surface area contributed by atoms with E-state index in [2.05, 4.69) is 4.72 Å². The molecule has 3 N–H and O–H groups in total. The lowest BCUT2D eigenvalue weighted by molar-refractivity contribution is 0.161. The molecule has 1 unspecified atom stereocenters. The normalized spacial score (nSPS) is 13.8. The van der Waals surface area contributed by atoms with Gasteiger partial charge in [0.2, 0.25) is 10.0 Å². The summed E-state index contributed by atoms with van der Waals surface area (Å²) in [5.74, 6) is 0.134. The summed E-state index contributed by atoms with van der Waals surface area (Å²) in [5.41, 5.74) is 5.49. The topological polar surface area (TPSA) is 81.4 Å². The fourth-order valence-corrected chi connectivity index (χ4v) is 3.89. The average molecular weight is 278 g/mol. The highest BCUT2D eigenvalue weighted by Gasteiger charge is 2.19. The first-order valence-electron chi connectivity index (χ1n) is 5.26. The van der Waals surface area contributed by atoms with Crippen molar-refractivity contribution in [3.63, 3.8) is 0 Å². The van der Waals surface area contributed by atoms with Crippen LogP contribution in [0.15, 0.2) is 16.3 Å². The van der Waals surface area contributed by atoms with Gasteiger partial charge < -0.3 is 10.5 Å². The van der Waals surface area contributed by atoms with Crippen LogP contribution in [0.2, 0.25) is 0 Å². The molecule has 5 nitrogen and oxygen atoms in total. The molecule has 0 aliphatic rings. The minimum absolute atomic E-state index is 0.134. The summed E-state index contributed by atoms with van der Waals surface area (Å²) in [6.45, 7) is 3.04. The molecule has 1 aromatic heterocycles. The number of rotatable bonds is 7.